The average molecular weight is 692 g/mol. The molecule has 3 aromatic carbocycles. The smallest absolute Gasteiger partial charge is 0.258 e. The number of nitriles is 5. The van der Waals surface area contributed by atoms with Gasteiger partial charge in [-0.1, -0.05) is 0 Å². The van der Waals surface area contributed by atoms with Crippen molar-refractivity contribution >= 4 is 22.4 Å². The Morgan fingerprint density at radius 3 is 0.837 bits per heavy atom. The highest BCUT2D eigenvalue weighted by atomic mass is 19.2. The molecule has 8 nitrogen and oxygen atoms in total. The maximum absolute atomic E-state index is 15.1. The molecule has 0 aliphatic heterocycles. The molecule has 0 bridgehead atoms. The van der Waals surface area contributed by atoms with Gasteiger partial charge in [0.25, 0.3) is 0 Å². The first kappa shape index (κ1) is 34.8. The van der Waals surface area contributed by atoms with Gasteiger partial charge in [-0.15, -0.1) is 0 Å². The van der Waals surface area contributed by atoms with Crippen molar-refractivity contribution in [1.29, 1.82) is 26.3 Å². The first-order chi connectivity index (χ1) is 23.0. The Bertz CT molecular complexity index is 2250. The quantitative estimate of drug-likeness (QED) is 0.0914. The van der Waals surface area contributed by atoms with Crippen molar-refractivity contribution in [3.8, 4) is 30.3 Å². The number of nitro benzene ring substituents is 1. The Kier molecular flexibility index (Phi) is 8.69. The molecule has 0 unspecified atom stereocenters. The predicted octanol–water partition coefficient (Wildman–Crippen LogP) is 7.25. The molecule has 0 radical (unpaired) electrons. The van der Waals surface area contributed by atoms with E-state index in [1.54, 1.807) is 0 Å². The first-order valence-electron chi connectivity index (χ1n) is 12.0. The summed E-state index contributed by atoms with van der Waals surface area (Å²) in [6.45, 7) is 0. The summed E-state index contributed by atoms with van der Waals surface area (Å²) in [5.74, 6) is -31.3. The number of benzene rings is 3. The van der Waals surface area contributed by atoms with Crippen LogP contribution in [0.3, 0.4) is 0 Å². The second-order valence-corrected chi connectivity index (χ2v) is 9.06. The zero-order valence-electron chi connectivity index (χ0n) is 22.5. The molecule has 242 valence electrons. The van der Waals surface area contributed by atoms with Crippen molar-refractivity contribution in [2.24, 2.45) is 0 Å². The lowest BCUT2D eigenvalue weighted by atomic mass is 9.99. The monoisotopic (exact) mass is 692 g/mol. The maximum Gasteiger partial charge on any atom is 0.346 e. The first-order valence-corrected chi connectivity index (χ1v) is 12.0. The third kappa shape index (κ3) is 4.85. The summed E-state index contributed by atoms with van der Waals surface area (Å²) in [4.78, 5) is 9.02. The molecule has 0 amide bonds. The largest absolute Gasteiger partial charge is 0.346 e. The van der Waals surface area contributed by atoms with Gasteiger partial charge in [0, 0.05) is 16.7 Å². The van der Waals surface area contributed by atoms with Gasteiger partial charge >= 0.3 is 5.69 Å². The molecule has 1 aliphatic rings. The van der Waals surface area contributed by atoms with E-state index in [4.69, 9.17) is 10.5 Å². The SMILES string of the molecule is N#CC(=C1C(=C(/C#N)c2c(F)c(F)c(C#N)c(F)c2F)/C1=C(/C#N)c1c(F)c(F)c([N+](=O)[O-])c(F)c1F)c1c(F)c(F)c(C#N)c(F)c1F. The van der Waals surface area contributed by atoms with Crippen LogP contribution in [0, 0.1) is 137 Å². The number of nitrogens with zero attached hydrogens (tertiary/aromatic N) is 6. The van der Waals surface area contributed by atoms with E-state index < -0.39 is 142 Å². The van der Waals surface area contributed by atoms with Gasteiger partial charge in [0.05, 0.1) is 38.3 Å². The second-order valence-electron chi connectivity index (χ2n) is 9.06. The van der Waals surface area contributed by atoms with E-state index >= 15 is 26.3 Å². The second kappa shape index (κ2) is 12.2. The van der Waals surface area contributed by atoms with E-state index in [-0.39, 0.29) is 0 Å². The van der Waals surface area contributed by atoms with Crippen molar-refractivity contribution in [3.63, 3.8) is 0 Å². The highest BCUT2D eigenvalue weighted by Crippen LogP contribution is 2.57. The maximum atomic E-state index is 15.1. The lowest BCUT2D eigenvalue weighted by molar-refractivity contribution is -0.390. The molecule has 20 heteroatoms. The number of hydrogen-bond donors (Lipinski definition) is 0. The van der Waals surface area contributed by atoms with Crippen molar-refractivity contribution in [2.45, 2.75) is 0 Å². The van der Waals surface area contributed by atoms with Crippen LogP contribution in [-0.2, 0) is 0 Å². The van der Waals surface area contributed by atoms with E-state index in [0.29, 0.717) is 0 Å². The van der Waals surface area contributed by atoms with Crippen LogP contribution >= 0.6 is 0 Å². The standard InChI is InChI=1S/C29F12N6O2/c30-17-9(4-45)18(31)22(35)14(21(17)34)6(1-42)11-12(7(2-43)15-23(36)19(32)10(5-46)20(33)24(15)37)13(11)8(3-44)16-25(38)27(40)29(47(48)49)28(41)26(16)39/b11-6+,12-7?,13-8+. The normalized spacial score (nSPS) is 14.9. The zero-order chi connectivity index (χ0) is 37.0. The van der Waals surface area contributed by atoms with Gasteiger partial charge in [0.15, 0.2) is 58.2 Å². The highest BCUT2D eigenvalue weighted by molar-refractivity contribution is 6.12. The molecular weight excluding hydrogens is 692 g/mol. The molecule has 3 aromatic rings. The minimum atomic E-state index is -2.79. The summed E-state index contributed by atoms with van der Waals surface area (Å²) in [7, 11) is 0. The van der Waals surface area contributed by atoms with E-state index in [1.807, 2.05) is 0 Å². The van der Waals surface area contributed by atoms with E-state index in [2.05, 4.69) is 0 Å². The van der Waals surface area contributed by atoms with Gasteiger partial charge < -0.3 is 0 Å². The van der Waals surface area contributed by atoms with Gasteiger partial charge in [-0.25, -0.2) is 43.9 Å². The predicted molar refractivity (Wildman–Crippen MR) is 133 cm³/mol. The molecule has 0 aromatic heterocycles. The topological polar surface area (TPSA) is 162 Å². The fraction of sp³-hybridized carbons (Fsp3) is 0. The van der Waals surface area contributed by atoms with Crippen LogP contribution in [0.5, 0.6) is 0 Å². The Morgan fingerprint density at radius 1 is 0.429 bits per heavy atom. The van der Waals surface area contributed by atoms with Crippen molar-refractivity contribution in [2.75, 3.05) is 0 Å². The van der Waals surface area contributed by atoms with E-state index in [1.165, 1.54) is 0 Å². The zero-order valence-corrected chi connectivity index (χ0v) is 22.5. The van der Waals surface area contributed by atoms with E-state index in [0.717, 1.165) is 30.3 Å². The van der Waals surface area contributed by atoms with Gasteiger partial charge in [0.1, 0.15) is 41.5 Å². The molecule has 0 heterocycles. The molecule has 0 N–H and O–H groups in total. The fourth-order valence-electron chi connectivity index (χ4n) is 4.55. The number of halogens is 12. The van der Waals surface area contributed by atoms with Crippen LogP contribution < -0.4 is 0 Å². The molecule has 1 aliphatic carbocycles. The molecule has 0 spiro atoms. The van der Waals surface area contributed by atoms with Gasteiger partial charge in [-0.05, 0) is 0 Å². The minimum Gasteiger partial charge on any atom is -0.258 e. The third-order valence-corrected chi connectivity index (χ3v) is 6.70. The van der Waals surface area contributed by atoms with Crippen molar-refractivity contribution in [1.82, 2.24) is 0 Å². The number of rotatable bonds is 4. The molecule has 0 saturated heterocycles. The van der Waals surface area contributed by atoms with Crippen LogP contribution in [0.4, 0.5) is 58.4 Å². The summed E-state index contributed by atoms with van der Waals surface area (Å²) in [5, 5.41) is 58.0. The Labute approximate surface area is 261 Å². The molecule has 49 heavy (non-hydrogen) atoms. The average Bonchev–Trinajstić information content (AvgIpc) is 3.78. The van der Waals surface area contributed by atoms with Crippen LogP contribution in [-0.4, -0.2) is 4.92 Å². The summed E-state index contributed by atoms with van der Waals surface area (Å²) in [5.41, 5.74) is -22.8. The van der Waals surface area contributed by atoms with Crippen LogP contribution in [0.15, 0.2) is 16.7 Å². The van der Waals surface area contributed by atoms with Gasteiger partial charge in [-0.3, -0.25) is 10.1 Å². The Hall–Kier alpha value is -7.11. The molecule has 1 saturated carbocycles. The minimum absolute atomic E-state index is 0.744. The van der Waals surface area contributed by atoms with Crippen molar-refractivity contribution < 1.29 is 57.6 Å². The lowest BCUT2D eigenvalue weighted by Gasteiger charge is -2.08. The summed E-state index contributed by atoms with van der Waals surface area (Å²) in [6, 6.07) is 4.19. The van der Waals surface area contributed by atoms with Crippen LogP contribution in [0.2, 0.25) is 0 Å². The Balaban J connectivity index is 2.38. The number of hydrogen-bond acceptors (Lipinski definition) is 7. The van der Waals surface area contributed by atoms with E-state index in [9.17, 15) is 52.2 Å². The summed E-state index contributed by atoms with van der Waals surface area (Å²) >= 11 is 0. The molecule has 0 atom stereocenters. The van der Waals surface area contributed by atoms with Gasteiger partial charge in [0.2, 0.25) is 11.6 Å². The summed E-state index contributed by atoms with van der Waals surface area (Å²) in [6.07, 6.45) is 0. The molecule has 1 fully saturated rings. The fourth-order valence-corrected chi connectivity index (χ4v) is 4.55. The molecule has 4 rings (SSSR count). The van der Waals surface area contributed by atoms with Crippen LogP contribution in [0.1, 0.15) is 27.8 Å². The third-order valence-electron chi connectivity index (χ3n) is 6.70. The van der Waals surface area contributed by atoms with Gasteiger partial charge in [-0.2, -0.15) is 35.1 Å². The lowest BCUT2D eigenvalue weighted by Crippen LogP contribution is -2.08. The number of allylic oxidation sites excluding steroid dienone is 6. The highest BCUT2D eigenvalue weighted by Gasteiger charge is 2.47. The summed E-state index contributed by atoms with van der Waals surface area (Å²) < 4.78 is 177. The number of nitro groups is 1. The molecular formula is C29F12N6O2. The van der Waals surface area contributed by atoms with Crippen LogP contribution in [0.25, 0.3) is 16.7 Å². The Morgan fingerprint density at radius 2 is 0.653 bits per heavy atom. The van der Waals surface area contributed by atoms with Crippen molar-refractivity contribution in [3.05, 3.63) is 124 Å².